The van der Waals surface area contributed by atoms with Crippen LogP contribution in [0.15, 0.2) is 29.4 Å². The van der Waals surface area contributed by atoms with Crippen molar-refractivity contribution in [1.29, 1.82) is 0 Å². The first-order valence-electron chi connectivity index (χ1n) is 9.98. The highest BCUT2D eigenvalue weighted by Gasteiger charge is 2.45. The quantitative estimate of drug-likeness (QED) is 0.744. The summed E-state index contributed by atoms with van der Waals surface area (Å²) in [5.41, 5.74) is 0.872. The van der Waals surface area contributed by atoms with Crippen molar-refractivity contribution in [2.75, 3.05) is 18.4 Å². The van der Waals surface area contributed by atoms with Gasteiger partial charge in [0.1, 0.15) is 5.69 Å². The number of amides is 2. The highest BCUT2D eigenvalue weighted by Crippen LogP contribution is 2.38. The Morgan fingerprint density at radius 3 is 2.42 bits per heavy atom. The number of alkyl halides is 2. The van der Waals surface area contributed by atoms with Crippen LogP contribution in [0.5, 0.6) is 0 Å². The fourth-order valence-corrected chi connectivity index (χ4v) is 5.72. The molecular formula is C20H27F2N5O3S. The minimum Gasteiger partial charge on any atom is -0.325 e. The number of urea groups is 1. The molecule has 3 rings (SSSR count). The number of carbonyl (C=O) groups is 1. The van der Waals surface area contributed by atoms with E-state index in [2.05, 4.69) is 15.4 Å². The number of rotatable bonds is 5. The van der Waals surface area contributed by atoms with Crippen LogP contribution in [0.1, 0.15) is 44.5 Å². The van der Waals surface area contributed by atoms with Gasteiger partial charge in [-0.15, -0.1) is 0 Å². The summed E-state index contributed by atoms with van der Waals surface area (Å²) in [5.74, 6) is -0.243. The van der Waals surface area contributed by atoms with E-state index in [-0.39, 0.29) is 17.0 Å². The van der Waals surface area contributed by atoms with Crippen LogP contribution in [0.25, 0.3) is 0 Å². The van der Waals surface area contributed by atoms with E-state index < -0.39 is 26.7 Å². The van der Waals surface area contributed by atoms with Crippen LogP contribution in [0.2, 0.25) is 0 Å². The summed E-state index contributed by atoms with van der Waals surface area (Å²) in [5, 5.41) is 6.21. The monoisotopic (exact) mass is 455 g/mol. The number of sulfone groups is 1. The normalized spacial score (nSPS) is 16.0. The van der Waals surface area contributed by atoms with Gasteiger partial charge in [0.2, 0.25) is 9.84 Å². The van der Waals surface area contributed by atoms with Gasteiger partial charge in [0.05, 0.1) is 16.6 Å². The molecule has 2 aromatic heterocycles. The first-order valence-corrected chi connectivity index (χ1v) is 11.5. The summed E-state index contributed by atoms with van der Waals surface area (Å²) in [6, 6.07) is 4.25. The van der Waals surface area contributed by atoms with E-state index >= 15 is 0 Å². The molecule has 0 bridgehead atoms. The van der Waals surface area contributed by atoms with Crippen LogP contribution in [-0.4, -0.2) is 51.9 Å². The zero-order chi connectivity index (χ0) is 23.0. The van der Waals surface area contributed by atoms with Gasteiger partial charge in [-0.3, -0.25) is 9.67 Å². The minimum absolute atomic E-state index is 0.222. The summed E-state index contributed by atoms with van der Waals surface area (Å²) in [7, 11) is -2.58. The highest BCUT2D eigenvalue weighted by atomic mass is 32.2. The van der Waals surface area contributed by atoms with Crippen LogP contribution in [-0.2, 0) is 16.9 Å². The predicted molar refractivity (Wildman–Crippen MR) is 112 cm³/mol. The maximum atomic E-state index is 13.3. The van der Waals surface area contributed by atoms with Crippen molar-refractivity contribution in [2.45, 2.75) is 49.8 Å². The van der Waals surface area contributed by atoms with E-state index in [0.29, 0.717) is 31.6 Å². The number of aromatic nitrogens is 3. The number of halogens is 2. The third kappa shape index (κ3) is 4.56. The van der Waals surface area contributed by atoms with Crippen molar-refractivity contribution in [2.24, 2.45) is 13.0 Å². The zero-order valence-corrected chi connectivity index (χ0v) is 18.8. The van der Waals surface area contributed by atoms with Crippen molar-refractivity contribution < 1.29 is 22.0 Å². The van der Waals surface area contributed by atoms with Crippen LogP contribution < -0.4 is 5.32 Å². The largest absolute Gasteiger partial charge is 0.325 e. The average Bonchev–Trinajstić information content (AvgIpc) is 3.12. The topological polar surface area (TPSA) is 97.2 Å². The molecule has 1 aliphatic heterocycles. The van der Waals surface area contributed by atoms with E-state index in [4.69, 9.17) is 0 Å². The van der Waals surface area contributed by atoms with Crippen molar-refractivity contribution in [3.05, 3.63) is 35.8 Å². The Morgan fingerprint density at radius 2 is 1.90 bits per heavy atom. The SMILES string of the molecule is Cc1ccc(NC(=O)N2CCC(C(C)(C)S(=O)(=O)c3cc(C(F)F)nn3C)CC2)cn1. The van der Waals surface area contributed by atoms with Crippen molar-refractivity contribution in [3.8, 4) is 0 Å². The van der Waals surface area contributed by atoms with Gasteiger partial charge in [0.25, 0.3) is 6.43 Å². The number of hydrogen-bond acceptors (Lipinski definition) is 5. The van der Waals surface area contributed by atoms with Gasteiger partial charge >= 0.3 is 6.03 Å². The van der Waals surface area contributed by atoms with E-state index in [1.54, 1.807) is 37.1 Å². The molecule has 1 aliphatic rings. The summed E-state index contributed by atoms with van der Waals surface area (Å²) in [6.45, 7) is 5.85. The number of likely N-dealkylation sites (tertiary alicyclic amines) is 1. The smallest absolute Gasteiger partial charge is 0.321 e. The number of piperidine rings is 1. The predicted octanol–water partition coefficient (Wildman–Crippen LogP) is 3.56. The molecule has 2 aromatic rings. The summed E-state index contributed by atoms with van der Waals surface area (Å²) in [6.07, 6.45) is -0.308. The molecule has 31 heavy (non-hydrogen) atoms. The molecule has 0 saturated carbocycles. The molecule has 170 valence electrons. The Labute approximate surface area is 180 Å². The van der Waals surface area contributed by atoms with Crippen LogP contribution in [0, 0.1) is 12.8 Å². The lowest BCUT2D eigenvalue weighted by atomic mass is 9.86. The second-order valence-electron chi connectivity index (χ2n) is 8.32. The Kier molecular flexibility index (Phi) is 6.35. The Balaban J connectivity index is 1.68. The number of anilines is 1. The van der Waals surface area contributed by atoms with Gasteiger partial charge in [0.15, 0.2) is 5.03 Å². The number of pyridine rings is 1. The van der Waals surface area contributed by atoms with Crippen molar-refractivity contribution >= 4 is 21.6 Å². The van der Waals surface area contributed by atoms with E-state index in [1.165, 1.54) is 7.05 Å². The molecule has 0 unspecified atom stereocenters. The second kappa shape index (κ2) is 8.52. The van der Waals surface area contributed by atoms with Crippen LogP contribution >= 0.6 is 0 Å². The third-order valence-corrected chi connectivity index (χ3v) is 8.63. The fourth-order valence-electron chi connectivity index (χ4n) is 3.84. The maximum absolute atomic E-state index is 13.3. The fraction of sp³-hybridized carbons (Fsp3) is 0.550. The zero-order valence-electron chi connectivity index (χ0n) is 18.0. The number of nitrogens with one attached hydrogen (secondary N) is 1. The average molecular weight is 456 g/mol. The van der Waals surface area contributed by atoms with Crippen LogP contribution in [0.4, 0.5) is 19.3 Å². The first kappa shape index (κ1) is 23.1. The summed E-state index contributed by atoms with van der Waals surface area (Å²) < 4.78 is 52.3. The maximum Gasteiger partial charge on any atom is 0.321 e. The summed E-state index contributed by atoms with van der Waals surface area (Å²) in [4.78, 5) is 18.3. The first-order chi connectivity index (χ1) is 14.4. The van der Waals surface area contributed by atoms with E-state index in [0.717, 1.165) is 16.4 Å². The molecule has 8 nitrogen and oxygen atoms in total. The molecule has 3 heterocycles. The van der Waals surface area contributed by atoms with Gasteiger partial charge in [-0.2, -0.15) is 5.10 Å². The Morgan fingerprint density at radius 1 is 1.26 bits per heavy atom. The highest BCUT2D eigenvalue weighted by molar-refractivity contribution is 7.92. The lowest BCUT2D eigenvalue weighted by Gasteiger charge is -2.40. The lowest BCUT2D eigenvalue weighted by Crippen LogP contribution is -2.48. The molecule has 11 heteroatoms. The molecule has 1 N–H and O–H groups in total. The second-order valence-corrected chi connectivity index (χ2v) is 10.8. The van der Waals surface area contributed by atoms with Crippen molar-refractivity contribution in [3.63, 3.8) is 0 Å². The third-order valence-electron chi connectivity index (χ3n) is 5.98. The molecule has 1 saturated heterocycles. The molecule has 2 amide bonds. The molecule has 0 spiro atoms. The number of carbonyl (C=O) groups excluding carboxylic acids is 1. The number of hydrogen-bond donors (Lipinski definition) is 1. The molecule has 0 aromatic carbocycles. The van der Waals surface area contributed by atoms with E-state index in [9.17, 15) is 22.0 Å². The molecule has 1 fully saturated rings. The lowest BCUT2D eigenvalue weighted by molar-refractivity contribution is 0.145. The number of aryl methyl sites for hydroxylation is 2. The standard InChI is InChI=1S/C20H27F2N5O3S/c1-13-5-6-15(12-23-13)24-19(28)27-9-7-14(8-10-27)20(2,3)31(29,30)17-11-16(18(21)22)25-26(17)4/h5-6,11-12,14,18H,7-10H2,1-4H3,(H,24,28). The van der Waals surface area contributed by atoms with Gasteiger partial charge in [0, 0.05) is 31.9 Å². The summed E-state index contributed by atoms with van der Waals surface area (Å²) >= 11 is 0. The number of nitrogens with zero attached hydrogens (tertiary/aromatic N) is 4. The minimum atomic E-state index is -3.93. The molecule has 0 atom stereocenters. The van der Waals surface area contributed by atoms with Gasteiger partial charge in [-0.25, -0.2) is 22.0 Å². The van der Waals surface area contributed by atoms with Crippen LogP contribution in [0.3, 0.4) is 0 Å². The van der Waals surface area contributed by atoms with E-state index in [1.807, 2.05) is 6.92 Å². The van der Waals surface area contributed by atoms with Gasteiger partial charge in [-0.1, -0.05) is 0 Å². The van der Waals surface area contributed by atoms with Gasteiger partial charge < -0.3 is 10.2 Å². The Hall–Kier alpha value is -2.56. The van der Waals surface area contributed by atoms with Gasteiger partial charge in [-0.05, 0) is 51.7 Å². The molecule has 0 aliphatic carbocycles. The Bertz CT molecular complexity index is 1040. The van der Waals surface area contributed by atoms with Crippen molar-refractivity contribution in [1.82, 2.24) is 19.7 Å². The molecule has 0 radical (unpaired) electrons. The molecular weight excluding hydrogens is 428 g/mol.